The van der Waals surface area contributed by atoms with Crippen LogP contribution in [0.1, 0.15) is 22.3 Å². The van der Waals surface area contributed by atoms with Crippen LogP contribution in [0.4, 0.5) is 0 Å². The summed E-state index contributed by atoms with van der Waals surface area (Å²) < 4.78 is 11.1. The van der Waals surface area contributed by atoms with Crippen molar-refractivity contribution in [1.29, 1.82) is 0 Å². The molecule has 1 saturated heterocycles. The van der Waals surface area contributed by atoms with Crippen LogP contribution in [0.15, 0.2) is 12.1 Å². The number of nitrogens with two attached hydrogens (primary N) is 1. The zero-order chi connectivity index (χ0) is 20.4. The third kappa shape index (κ3) is 4.05. The molecule has 1 atom stereocenters. The van der Waals surface area contributed by atoms with Gasteiger partial charge in [-0.05, 0) is 31.4 Å². The number of rotatable bonds is 7. The van der Waals surface area contributed by atoms with Gasteiger partial charge in [0.1, 0.15) is 23.2 Å². The van der Waals surface area contributed by atoms with Gasteiger partial charge in [-0.2, -0.15) is 0 Å². The predicted molar refractivity (Wildman–Crippen MR) is 98.2 cm³/mol. The van der Waals surface area contributed by atoms with Gasteiger partial charge in [-0.3, -0.25) is 9.59 Å². The first-order chi connectivity index (χ1) is 13.3. The smallest absolute Gasteiger partial charge is 0.522 e. The van der Waals surface area contributed by atoms with E-state index in [1.165, 1.54) is 4.90 Å². The van der Waals surface area contributed by atoms with E-state index in [0.29, 0.717) is 18.3 Å². The lowest BCUT2D eigenvalue weighted by atomic mass is 9.78. The molecule has 2 aliphatic rings. The Labute approximate surface area is 161 Å². The fourth-order valence-corrected chi connectivity index (χ4v) is 3.32. The minimum Gasteiger partial charge on any atom is -0.535 e. The molecule has 1 aromatic carbocycles. The fourth-order valence-electron chi connectivity index (χ4n) is 3.32. The largest absolute Gasteiger partial charge is 0.535 e. The number of carboxylic acids is 1. The van der Waals surface area contributed by atoms with Crippen molar-refractivity contribution in [2.45, 2.75) is 31.3 Å². The van der Waals surface area contributed by atoms with Gasteiger partial charge in [-0.25, -0.2) is 4.79 Å². The monoisotopic (exact) mass is 391 g/mol. The van der Waals surface area contributed by atoms with Crippen LogP contribution in [0, 0.1) is 0 Å². The summed E-state index contributed by atoms with van der Waals surface area (Å²) in [6, 6.07) is 2.58. The van der Waals surface area contributed by atoms with Crippen LogP contribution in [-0.4, -0.2) is 72.2 Å². The SMILES string of the molecule is CN[C@H](CC(N)=O)C(=O)N1CC(Oc2ccc3c(c2C(=O)O)OB(O)CC3)C1. The number of likely N-dealkylation sites (tertiary alicyclic amines) is 1. The summed E-state index contributed by atoms with van der Waals surface area (Å²) in [5, 5.41) is 22.0. The van der Waals surface area contributed by atoms with Gasteiger partial charge in [-0.1, -0.05) is 6.07 Å². The van der Waals surface area contributed by atoms with Crippen molar-refractivity contribution >= 4 is 24.9 Å². The van der Waals surface area contributed by atoms with E-state index in [4.69, 9.17) is 15.1 Å². The second kappa shape index (κ2) is 8.07. The van der Waals surface area contributed by atoms with Crippen molar-refractivity contribution in [3.63, 3.8) is 0 Å². The number of carbonyl (C=O) groups excluding carboxylic acids is 2. The molecule has 28 heavy (non-hydrogen) atoms. The van der Waals surface area contributed by atoms with E-state index in [2.05, 4.69) is 5.32 Å². The number of aromatic carboxylic acids is 1. The molecule has 2 amide bonds. The number of primary amides is 1. The molecule has 11 heteroatoms. The average molecular weight is 391 g/mol. The van der Waals surface area contributed by atoms with Crippen LogP contribution in [0.25, 0.3) is 0 Å². The van der Waals surface area contributed by atoms with Crippen molar-refractivity contribution in [2.24, 2.45) is 5.73 Å². The van der Waals surface area contributed by atoms with Gasteiger partial charge in [-0.15, -0.1) is 0 Å². The molecule has 3 rings (SSSR count). The Hall–Kier alpha value is -2.79. The number of nitrogens with zero attached hydrogens (tertiary/aromatic N) is 1. The Balaban J connectivity index is 1.68. The number of ether oxygens (including phenoxy) is 1. The minimum atomic E-state index is -1.22. The second-order valence-electron chi connectivity index (χ2n) is 6.84. The maximum Gasteiger partial charge on any atom is 0.522 e. The van der Waals surface area contributed by atoms with Crippen LogP contribution in [0.2, 0.25) is 6.32 Å². The number of amides is 2. The normalized spacial score (nSPS) is 17.2. The topological polar surface area (TPSA) is 151 Å². The van der Waals surface area contributed by atoms with Crippen molar-refractivity contribution in [2.75, 3.05) is 20.1 Å². The molecule has 10 nitrogen and oxygen atoms in total. The summed E-state index contributed by atoms with van der Waals surface area (Å²) in [5.41, 5.74) is 5.71. The summed E-state index contributed by atoms with van der Waals surface area (Å²) >= 11 is 0. The lowest BCUT2D eigenvalue weighted by molar-refractivity contribution is -0.143. The highest BCUT2D eigenvalue weighted by Gasteiger charge is 2.37. The van der Waals surface area contributed by atoms with E-state index in [1.54, 1.807) is 19.2 Å². The van der Waals surface area contributed by atoms with Gasteiger partial charge in [0.25, 0.3) is 0 Å². The molecular formula is C17H22BN3O7. The van der Waals surface area contributed by atoms with Gasteiger partial charge < -0.3 is 35.5 Å². The number of hydrogen-bond acceptors (Lipinski definition) is 7. The molecule has 0 unspecified atom stereocenters. The molecule has 1 fully saturated rings. The standard InChI is InChI=1S/C17H22BN3O7/c1-20-11(6-13(19)22)16(23)21-7-10(8-21)27-12-3-2-9-4-5-18(26)28-15(9)14(12)17(24)25/h2-3,10-11,20,26H,4-8H2,1H3,(H2,19,22)(H,24,25)/t11-/m1/s1. The van der Waals surface area contributed by atoms with Crippen molar-refractivity contribution in [1.82, 2.24) is 10.2 Å². The fraction of sp³-hybridized carbons (Fsp3) is 0.471. The maximum atomic E-state index is 12.4. The van der Waals surface area contributed by atoms with Crippen LogP contribution < -0.4 is 20.4 Å². The van der Waals surface area contributed by atoms with Crippen LogP contribution >= 0.6 is 0 Å². The predicted octanol–water partition coefficient (Wildman–Crippen LogP) is -1.15. The van der Waals surface area contributed by atoms with Gasteiger partial charge in [0, 0.05) is 0 Å². The highest BCUT2D eigenvalue weighted by molar-refractivity contribution is 6.44. The third-order valence-corrected chi connectivity index (χ3v) is 4.83. The van der Waals surface area contributed by atoms with Crippen LogP contribution in [0.3, 0.4) is 0 Å². The van der Waals surface area contributed by atoms with Gasteiger partial charge in [0.15, 0.2) is 0 Å². The van der Waals surface area contributed by atoms with Crippen LogP contribution in [0.5, 0.6) is 11.5 Å². The molecule has 150 valence electrons. The van der Waals surface area contributed by atoms with E-state index in [0.717, 1.165) is 0 Å². The first-order valence-electron chi connectivity index (χ1n) is 8.95. The molecule has 2 aliphatic heterocycles. The lowest BCUT2D eigenvalue weighted by Gasteiger charge is -2.40. The minimum absolute atomic E-state index is 0.106. The van der Waals surface area contributed by atoms with Crippen LogP contribution in [-0.2, 0) is 16.0 Å². The van der Waals surface area contributed by atoms with Crippen molar-refractivity contribution in [3.05, 3.63) is 23.3 Å². The van der Waals surface area contributed by atoms with E-state index >= 15 is 0 Å². The lowest BCUT2D eigenvalue weighted by Crippen LogP contribution is -2.60. The first kappa shape index (κ1) is 20.0. The number of carbonyl (C=O) groups is 3. The summed E-state index contributed by atoms with van der Waals surface area (Å²) in [7, 11) is 0.515. The Morgan fingerprint density at radius 2 is 2.14 bits per heavy atom. The van der Waals surface area contributed by atoms with Crippen molar-refractivity contribution in [3.8, 4) is 11.5 Å². The third-order valence-electron chi connectivity index (χ3n) is 4.83. The molecule has 0 radical (unpaired) electrons. The maximum absolute atomic E-state index is 12.4. The highest BCUT2D eigenvalue weighted by Crippen LogP contribution is 2.37. The van der Waals surface area contributed by atoms with E-state index in [9.17, 15) is 24.5 Å². The molecule has 5 N–H and O–H groups in total. The Kier molecular flexibility index (Phi) is 5.75. The van der Waals surface area contributed by atoms with Gasteiger partial charge in [0.05, 0.1) is 25.6 Å². The Bertz CT molecular complexity index is 797. The Morgan fingerprint density at radius 3 is 2.75 bits per heavy atom. The molecule has 0 aliphatic carbocycles. The van der Waals surface area contributed by atoms with E-state index in [-0.39, 0.29) is 48.6 Å². The molecule has 1 aromatic rings. The van der Waals surface area contributed by atoms with Gasteiger partial charge >= 0.3 is 13.1 Å². The molecule has 0 bridgehead atoms. The average Bonchev–Trinajstić information content (AvgIpc) is 2.60. The number of hydrogen-bond donors (Lipinski definition) is 4. The summed E-state index contributed by atoms with van der Waals surface area (Å²) in [6.45, 7) is 0.519. The number of aryl methyl sites for hydroxylation is 1. The van der Waals surface area contributed by atoms with Gasteiger partial charge in [0.2, 0.25) is 11.8 Å². The number of benzene rings is 1. The Morgan fingerprint density at radius 1 is 1.43 bits per heavy atom. The number of carboxylic acid groups (broad SMARTS) is 1. The van der Waals surface area contributed by atoms with E-state index < -0.39 is 25.0 Å². The number of fused-ring (bicyclic) bond motifs is 1. The quantitative estimate of drug-likeness (QED) is 0.426. The highest BCUT2D eigenvalue weighted by atomic mass is 16.5. The summed E-state index contributed by atoms with van der Waals surface area (Å²) in [6.07, 6.45) is 0.405. The zero-order valence-corrected chi connectivity index (χ0v) is 15.4. The zero-order valence-electron chi connectivity index (χ0n) is 15.4. The molecule has 2 heterocycles. The molecule has 0 saturated carbocycles. The molecule has 0 spiro atoms. The summed E-state index contributed by atoms with van der Waals surface area (Å²) in [4.78, 5) is 36.6. The molecule has 0 aromatic heterocycles. The summed E-state index contributed by atoms with van der Waals surface area (Å²) in [5.74, 6) is -1.82. The number of nitrogens with one attached hydrogen (secondary N) is 1. The molecular weight excluding hydrogens is 369 g/mol. The van der Waals surface area contributed by atoms with Crippen molar-refractivity contribution < 1.29 is 33.9 Å². The number of likely N-dealkylation sites (N-methyl/N-ethyl adjacent to an activating group) is 1. The van der Waals surface area contributed by atoms with E-state index in [1.807, 2.05) is 0 Å². The first-order valence-corrected chi connectivity index (χ1v) is 8.95. The second-order valence-corrected chi connectivity index (χ2v) is 6.84.